The Bertz CT molecular complexity index is 561. The van der Waals surface area contributed by atoms with Crippen LogP contribution in [0.25, 0.3) is 5.82 Å². The molecule has 0 aliphatic heterocycles. The van der Waals surface area contributed by atoms with Gasteiger partial charge in [-0.25, -0.2) is 19.7 Å². The molecule has 0 aliphatic carbocycles. The summed E-state index contributed by atoms with van der Waals surface area (Å²) in [4.78, 5) is 22.9. The fraction of sp³-hybridized carbons (Fsp3) is 0.364. The Hall–Kier alpha value is -2.31. The first-order valence-corrected chi connectivity index (χ1v) is 5.66. The van der Waals surface area contributed by atoms with Crippen molar-refractivity contribution in [2.75, 3.05) is 0 Å². The SMILES string of the molecule is CCc1nc(CC)n(-c2cnc(C(=O)O)cn2)n1. The molecule has 1 N–H and O–H groups in total. The molecule has 0 aliphatic rings. The Morgan fingerprint density at radius 2 is 2.06 bits per heavy atom. The van der Waals surface area contributed by atoms with E-state index in [4.69, 9.17) is 5.11 Å². The average Bonchev–Trinajstić information content (AvgIpc) is 2.82. The van der Waals surface area contributed by atoms with E-state index < -0.39 is 5.97 Å². The normalized spacial score (nSPS) is 10.6. The van der Waals surface area contributed by atoms with Gasteiger partial charge in [0.05, 0.1) is 12.4 Å². The summed E-state index contributed by atoms with van der Waals surface area (Å²) in [7, 11) is 0. The van der Waals surface area contributed by atoms with Crippen LogP contribution in [0, 0.1) is 0 Å². The number of hydrogen-bond donors (Lipinski definition) is 1. The van der Waals surface area contributed by atoms with Crippen molar-refractivity contribution in [3.8, 4) is 5.82 Å². The number of aryl methyl sites for hydroxylation is 2. The van der Waals surface area contributed by atoms with Crippen molar-refractivity contribution in [3.63, 3.8) is 0 Å². The second-order valence-corrected chi connectivity index (χ2v) is 3.63. The highest BCUT2D eigenvalue weighted by molar-refractivity contribution is 5.84. The highest BCUT2D eigenvalue weighted by Gasteiger charge is 2.11. The van der Waals surface area contributed by atoms with Gasteiger partial charge in [-0.1, -0.05) is 13.8 Å². The molecule has 0 bridgehead atoms. The smallest absolute Gasteiger partial charge is 0.356 e. The molecule has 2 heterocycles. The summed E-state index contributed by atoms with van der Waals surface area (Å²) in [5.74, 6) is 0.891. The zero-order valence-corrected chi connectivity index (χ0v) is 10.2. The van der Waals surface area contributed by atoms with Crippen molar-refractivity contribution in [3.05, 3.63) is 29.7 Å². The van der Waals surface area contributed by atoms with Gasteiger partial charge in [0.25, 0.3) is 0 Å². The van der Waals surface area contributed by atoms with E-state index in [0.717, 1.165) is 24.5 Å². The first kappa shape index (κ1) is 12.2. The Labute approximate surface area is 104 Å². The van der Waals surface area contributed by atoms with Gasteiger partial charge in [0.1, 0.15) is 5.82 Å². The Balaban J connectivity index is 2.41. The maximum absolute atomic E-state index is 10.7. The van der Waals surface area contributed by atoms with Crippen molar-refractivity contribution in [2.45, 2.75) is 26.7 Å². The quantitative estimate of drug-likeness (QED) is 0.861. The summed E-state index contributed by atoms with van der Waals surface area (Å²) in [5.41, 5.74) is -0.0902. The molecule has 0 unspecified atom stereocenters. The average molecular weight is 247 g/mol. The monoisotopic (exact) mass is 247 g/mol. The van der Waals surface area contributed by atoms with Crippen molar-refractivity contribution in [1.29, 1.82) is 0 Å². The first-order chi connectivity index (χ1) is 8.65. The van der Waals surface area contributed by atoms with Crippen LogP contribution in [-0.2, 0) is 12.8 Å². The molecular weight excluding hydrogens is 234 g/mol. The summed E-state index contributed by atoms with van der Waals surface area (Å²) in [6, 6.07) is 0. The summed E-state index contributed by atoms with van der Waals surface area (Å²) in [5, 5.41) is 13.1. The third-order valence-corrected chi connectivity index (χ3v) is 2.42. The van der Waals surface area contributed by atoms with Crippen LogP contribution in [0.1, 0.15) is 36.0 Å². The molecule has 2 aromatic rings. The number of carboxylic acid groups (broad SMARTS) is 1. The third-order valence-electron chi connectivity index (χ3n) is 2.42. The van der Waals surface area contributed by atoms with Gasteiger partial charge in [-0.3, -0.25) is 0 Å². The van der Waals surface area contributed by atoms with Crippen molar-refractivity contribution in [2.24, 2.45) is 0 Å². The lowest BCUT2D eigenvalue weighted by Crippen LogP contribution is -2.08. The van der Waals surface area contributed by atoms with Crippen LogP contribution in [0.2, 0.25) is 0 Å². The summed E-state index contributed by atoms with van der Waals surface area (Å²) in [6.07, 6.45) is 4.05. The largest absolute Gasteiger partial charge is 0.476 e. The van der Waals surface area contributed by atoms with E-state index in [-0.39, 0.29) is 5.69 Å². The van der Waals surface area contributed by atoms with E-state index >= 15 is 0 Å². The van der Waals surface area contributed by atoms with E-state index in [0.29, 0.717) is 5.82 Å². The van der Waals surface area contributed by atoms with Crippen LogP contribution >= 0.6 is 0 Å². The van der Waals surface area contributed by atoms with E-state index in [1.165, 1.54) is 12.4 Å². The zero-order chi connectivity index (χ0) is 13.1. The van der Waals surface area contributed by atoms with Gasteiger partial charge in [0, 0.05) is 12.8 Å². The molecule has 0 spiro atoms. The number of carbonyl (C=O) groups is 1. The van der Waals surface area contributed by atoms with Crippen molar-refractivity contribution in [1.82, 2.24) is 24.7 Å². The van der Waals surface area contributed by atoms with E-state index in [1.807, 2.05) is 13.8 Å². The number of carboxylic acids is 1. The lowest BCUT2D eigenvalue weighted by Gasteiger charge is -2.02. The van der Waals surface area contributed by atoms with Crippen molar-refractivity contribution >= 4 is 5.97 Å². The number of hydrogen-bond acceptors (Lipinski definition) is 5. The molecular formula is C11H13N5O2. The van der Waals surface area contributed by atoms with Gasteiger partial charge in [-0.2, -0.15) is 4.68 Å². The molecule has 0 saturated carbocycles. The standard InChI is InChI=1S/C11H13N5O2/c1-3-8-14-9(4-2)16(15-8)10-6-12-7(5-13-10)11(17)18/h5-6H,3-4H2,1-2H3,(H,17,18). The predicted octanol–water partition coefficient (Wildman–Crippen LogP) is 0.880. The number of aromatic nitrogens is 5. The van der Waals surface area contributed by atoms with E-state index in [2.05, 4.69) is 20.1 Å². The van der Waals surface area contributed by atoms with Gasteiger partial charge in [-0.15, -0.1) is 5.10 Å². The highest BCUT2D eigenvalue weighted by atomic mass is 16.4. The molecule has 94 valence electrons. The lowest BCUT2D eigenvalue weighted by molar-refractivity contribution is 0.0690. The summed E-state index contributed by atoms with van der Waals surface area (Å²) >= 11 is 0. The number of nitrogens with zero attached hydrogens (tertiary/aromatic N) is 5. The van der Waals surface area contributed by atoms with Gasteiger partial charge in [0.15, 0.2) is 17.3 Å². The fourth-order valence-corrected chi connectivity index (χ4v) is 1.49. The fourth-order valence-electron chi connectivity index (χ4n) is 1.49. The summed E-state index contributed by atoms with van der Waals surface area (Å²) in [6.45, 7) is 3.94. The third kappa shape index (κ3) is 2.20. The van der Waals surface area contributed by atoms with Crippen LogP contribution in [0.15, 0.2) is 12.4 Å². The molecule has 0 aromatic carbocycles. The number of rotatable bonds is 4. The van der Waals surface area contributed by atoms with Crippen LogP contribution in [0.3, 0.4) is 0 Å². The summed E-state index contributed by atoms with van der Waals surface area (Å²) < 4.78 is 1.59. The minimum atomic E-state index is -1.10. The van der Waals surface area contributed by atoms with E-state index in [1.54, 1.807) is 4.68 Å². The predicted molar refractivity (Wildman–Crippen MR) is 62.7 cm³/mol. The van der Waals surface area contributed by atoms with Gasteiger partial charge in [0.2, 0.25) is 0 Å². The molecule has 7 heteroatoms. The molecule has 0 atom stereocenters. The second-order valence-electron chi connectivity index (χ2n) is 3.63. The lowest BCUT2D eigenvalue weighted by atomic mass is 10.4. The Kier molecular flexibility index (Phi) is 3.31. The Morgan fingerprint density at radius 1 is 1.28 bits per heavy atom. The van der Waals surface area contributed by atoms with E-state index in [9.17, 15) is 4.79 Å². The van der Waals surface area contributed by atoms with Gasteiger partial charge >= 0.3 is 5.97 Å². The minimum Gasteiger partial charge on any atom is -0.476 e. The molecule has 2 rings (SSSR count). The molecule has 0 amide bonds. The molecule has 0 saturated heterocycles. The van der Waals surface area contributed by atoms with Crippen LogP contribution in [0.4, 0.5) is 0 Å². The Morgan fingerprint density at radius 3 is 2.56 bits per heavy atom. The molecule has 0 radical (unpaired) electrons. The van der Waals surface area contributed by atoms with Crippen LogP contribution in [-0.4, -0.2) is 35.8 Å². The highest BCUT2D eigenvalue weighted by Crippen LogP contribution is 2.08. The zero-order valence-electron chi connectivity index (χ0n) is 10.2. The van der Waals surface area contributed by atoms with Crippen LogP contribution < -0.4 is 0 Å². The minimum absolute atomic E-state index is 0.0902. The van der Waals surface area contributed by atoms with Gasteiger partial charge < -0.3 is 5.11 Å². The second kappa shape index (κ2) is 4.91. The molecule has 7 nitrogen and oxygen atoms in total. The van der Waals surface area contributed by atoms with Crippen molar-refractivity contribution < 1.29 is 9.90 Å². The maximum atomic E-state index is 10.7. The van der Waals surface area contributed by atoms with Gasteiger partial charge in [-0.05, 0) is 0 Å². The molecule has 0 fully saturated rings. The molecule has 2 aromatic heterocycles. The first-order valence-electron chi connectivity index (χ1n) is 5.66. The number of aromatic carboxylic acids is 1. The maximum Gasteiger partial charge on any atom is 0.356 e. The topological polar surface area (TPSA) is 93.8 Å². The molecule has 18 heavy (non-hydrogen) atoms. The van der Waals surface area contributed by atoms with Crippen LogP contribution in [0.5, 0.6) is 0 Å².